The van der Waals surface area contributed by atoms with E-state index < -0.39 is 95.0 Å². The second kappa shape index (κ2) is 43.7. The van der Waals surface area contributed by atoms with Gasteiger partial charge in [-0.3, -0.25) is 24.2 Å². The van der Waals surface area contributed by atoms with Crippen LogP contribution in [0.1, 0.15) is 146 Å². The molecule has 4 saturated heterocycles. The summed E-state index contributed by atoms with van der Waals surface area (Å²) in [6, 6.07) is 13.2. The van der Waals surface area contributed by atoms with Crippen LogP contribution >= 0.6 is 47.2 Å². The Balaban J connectivity index is 0.000000182. The first kappa shape index (κ1) is 101. The highest BCUT2D eigenvalue weighted by Gasteiger charge is 2.60. The molecule has 4 aliphatic heterocycles. The van der Waals surface area contributed by atoms with Crippen molar-refractivity contribution in [2.24, 2.45) is 64.6 Å². The van der Waals surface area contributed by atoms with E-state index in [1.165, 1.54) is 38.2 Å². The summed E-state index contributed by atoms with van der Waals surface area (Å²) in [4.78, 5) is 134. The Kier molecular flexibility index (Phi) is 34.5. The standard InChI is InChI=1S/C34H44ClN3O7.C23H28ClN3O6.C18H20ClN3O4.C14H23NO5.B3.ClH/c1-7-8-9-10-20-15-25(20)44-27(39)17-22(34(2,3)4)32(40)38-18-26(28(19-11-12-19)29(38)33(41)43-6)45-31-30(35)36-23-14-13-21(42-5)16-24(23)37-31;1-23(2,3)33-22(29)27-11-16(17(12-6-7-12)18(27)21(28)31-5)32-20-19(24)25-14-9-8-13(30-4)10-15(14)26-20;1-24-10-5-6-11-12(7-10)22-17(16(19)21-11)26-13-8-20-15(18(23)25-2)14(13)9-3-4-9;1-14(2,3)20-13(18)15-7-9(16)10(8-5-6-8)11(15)12(17)19-4;1-3-2;/h7,13-14,16,19-20,22,25-26,28-29H,1,8-12,15,17-18H2,2-6H3;8-10,12,16-18H,6-7,11H2,1-5H3;5-7,9,13-15,20H,3-4,8H2,1-2H3;8-11,16H,5-7H2,1-4H3;;1H/t20-,22-,25-,26+,28-,29+;16-,17+,18-;13-,14+,15-;9-,10+,11-;;/m1000../s1. The van der Waals surface area contributed by atoms with E-state index in [4.69, 9.17) is 96.4 Å². The van der Waals surface area contributed by atoms with E-state index in [2.05, 4.69) is 57.3 Å². The number of unbranched alkanes of at least 4 members (excludes halogenated alkanes) is 1. The Morgan fingerprint density at radius 1 is 0.516 bits per heavy atom. The van der Waals surface area contributed by atoms with Gasteiger partial charge < -0.3 is 76.9 Å². The first-order valence-electron chi connectivity index (χ1n) is 42.9. The van der Waals surface area contributed by atoms with E-state index in [1.54, 1.807) is 122 Å². The summed E-state index contributed by atoms with van der Waals surface area (Å²) in [5.74, 6) is -0.0182. The summed E-state index contributed by atoms with van der Waals surface area (Å²) in [6.45, 7) is 21.1. The average Bonchev–Trinajstić information content (AvgIpc) is 1.59. The topological polar surface area (TPSA) is 376 Å². The number of hydrogen-bond acceptors (Lipinski definition) is 29. The van der Waals surface area contributed by atoms with Crippen molar-refractivity contribution < 1.29 is 105 Å². The van der Waals surface area contributed by atoms with Crippen molar-refractivity contribution in [3.05, 3.63) is 82.7 Å². The molecule has 15 rings (SSSR count). The van der Waals surface area contributed by atoms with Crippen LogP contribution in [0.25, 0.3) is 33.1 Å². The third-order valence-electron chi connectivity index (χ3n) is 23.9. The molecule has 6 aromatic rings. The molecule has 39 heteroatoms. The van der Waals surface area contributed by atoms with Crippen LogP contribution in [-0.4, -0.2) is 262 Å². The second-order valence-corrected chi connectivity index (χ2v) is 37.4. The van der Waals surface area contributed by atoms with Gasteiger partial charge in [-0.05, 0) is 190 Å². The van der Waals surface area contributed by atoms with E-state index in [1.807, 2.05) is 26.8 Å². The Hall–Kier alpha value is -9.15. The van der Waals surface area contributed by atoms with Crippen LogP contribution in [0.2, 0.25) is 15.5 Å². The van der Waals surface area contributed by atoms with E-state index in [0.29, 0.717) is 74.6 Å². The first-order chi connectivity index (χ1) is 60.3. The number of carbonyl (C=O) groups is 8. The predicted octanol–water partition coefficient (Wildman–Crippen LogP) is 12.3. The number of esters is 5. The third-order valence-corrected chi connectivity index (χ3v) is 24.6. The number of β-amino-alcohol motifs (C(OH)–C–C–N with tert-alkyl or cyclic N) is 1. The van der Waals surface area contributed by atoms with Crippen molar-refractivity contribution in [3.63, 3.8) is 0 Å². The zero-order valence-corrected chi connectivity index (χ0v) is 78.4. The number of aliphatic hydroxyl groups is 1. The molecule has 5 saturated carbocycles. The number of hydrogen-bond donors (Lipinski definition) is 2. The zero-order chi connectivity index (χ0) is 92.4. The predicted molar refractivity (Wildman–Crippen MR) is 480 cm³/mol. The van der Waals surface area contributed by atoms with Gasteiger partial charge in [-0.25, -0.2) is 53.9 Å². The van der Waals surface area contributed by atoms with Crippen molar-refractivity contribution in [1.29, 1.82) is 0 Å². The number of allylic oxidation sites excluding steroid dienone is 1. The fourth-order valence-corrected chi connectivity index (χ4v) is 17.7. The number of amides is 3. The van der Waals surface area contributed by atoms with Gasteiger partial charge in [0.2, 0.25) is 5.91 Å². The molecule has 128 heavy (non-hydrogen) atoms. The lowest BCUT2D eigenvalue weighted by Crippen LogP contribution is -2.49. The van der Waals surface area contributed by atoms with Crippen molar-refractivity contribution >= 4 is 151 Å². The molecule has 5 radical (unpaired) electrons. The van der Waals surface area contributed by atoms with Crippen LogP contribution in [0.5, 0.6) is 34.9 Å². The molecule has 3 aromatic heterocycles. The fraction of sp³-hybridized carbons (Fsp3) is 0.618. The number of carbonyl (C=O) groups excluding carboxylic acids is 8. The molecule has 9 fully saturated rings. The summed E-state index contributed by atoms with van der Waals surface area (Å²) < 4.78 is 71.2. The minimum atomic E-state index is -0.870. The Morgan fingerprint density at radius 2 is 0.883 bits per heavy atom. The Bertz CT molecular complexity index is 4940. The second-order valence-electron chi connectivity index (χ2n) is 36.3. The number of methoxy groups -OCH3 is 7. The maximum Gasteiger partial charge on any atom is 0.411 e. The number of halogens is 4. The zero-order valence-electron chi connectivity index (χ0n) is 75.3. The molecule has 0 unspecified atom stereocenters. The van der Waals surface area contributed by atoms with Gasteiger partial charge in [0.15, 0.2) is 15.5 Å². The van der Waals surface area contributed by atoms with Gasteiger partial charge in [0, 0.05) is 71.0 Å². The highest BCUT2D eigenvalue weighted by atomic mass is 35.5. The molecule has 5 aliphatic carbocycles. The van der Waals surface area contributed by atoms with E-state index in [0.717, 1.165) is 84.1 Å². The maximum absolute atomic E-state index is 14.4. The number of fused-ring (bicyclic) bond motifs is 3. The third kappa shape index (κ3) is 25.5. The molecule has 2 N–H and O–H groups in total. The van der Waals surface area contributed by atoms with Crippen LogP contribution in [-0.2, 0) is 61.9 Å². The normalized spacial score (nSPS) is 24.6. The summed E-state index contributed by atoms with van der Waals surface area (Å²) in [5.41, 5.74) is 1.65. The quantitative estimate of drug-likeness (QED) is 0.0177. The van der Waals surface area contributed by atoms with E-state index >= 15 is 0 Å². The molecule has 0 spiro atoms. The summed E-state index contributed by atoms with van der Waals surface area (Å²) in [6.07, 6.45) is 10.2. The Labute approximate surface area is 771 Å². The molecule has 691 valence electrons. The summed E-state index contributed by atoms with van der Waals surface area (Å²) in [7, 11) is 20.1. The minimum absolute atomic E-state index is 0. The van der Waals surface area contributed by atoms with Gasteiger partial charge in [0.1, 0.15) is 77.0 Å². The van der Waals surface area contributed by atoms with Gasteiger partial charge in [0.05, 0.1) is 121 Å². The number of aromatic nitrogens is 6. The average molecular weight is 1850 g/mol. The lowest BCUT2D eigenvalue weighted by molar-refractivity contribution is -0.158. The summed E-state index contributed by atoms with van der Waals surface area (Å²) >= 11 is 19.2. The van der Waals surface area contributed by atoms with Gasteiger partial charge in [-0.1, -0.05) is 61.7 Å². The summed E-state index contributed by atoms with van der Waals surface area (Å²) in [5, 5.41) is 13.8. The molecule has 15 atom stereocenters. The molecule has 0 bridgehead atoms. The SMILES string of the molecule is C=CCCC[C@@H]1C[C@H]1OC(=O)C[C@H](C(=O)N1C[C@H](Oc2nc3cc(OC)ccc3nc2Cl)[C@@H](C2CC2)[C@H]1C(=O)OC)C(C)(C)C.COC(=O)[C@@H]1[C@H](C2CC2)[C@@H](O)CN1C(=O)OC(C)(C)C.COC(=O)[C@@H]1[C@H](C2CC2)[C@@H](Oc2nc3cc(OC)ccc3nc2Cl)CN1C(=O)OC(C)(C)C.COC(=O)[C@H]1NC[C@H](Oc2nc3cc(OC)ccc3nc2Cl)[C@H]1C1CC1.Cl.[B][B][B]. The highest BCUT2D eigenvalue weighted by Crippen LogP contribution is 2.51. The number of nitrogens with zero attached hydrogens (tertiary/aromatic N) is 9. The van der Waals surface area contributed by atoms with Gasteiger partial charge in [-0.15, -0.1) is 19.0 Å². The fourth-order valence-electron chi connectivity index (χ4n) is 17.2. The van der Waals surface area contributed by atoms with Gasteiger partial charge in [-0.2, -0.15) is 0 Å². The van der Waals surface area contributed by atoms with Crippen LogP contribution < -0.4 is 33.7 Å². The first-order valence-corrected chi connectivity index (χ1v) is 44.1. The van der Waals surface area contributed by atoms with Crippen molar-refractivity contribution in [2.45, 2.75) is 212 Å². The monoisotopic (exact) mass is 1850 g/mol. The molecule has 3 aromatic carbocycles. The number of nitrogens with one attached hydrogen (secondary N) is 1. The molecule has 9 aliphatic rings. The Morgan fingerprint density at radius 3 is 1.26 bits per heavy atom. The van der Waals surface area contributed by atoms with Crippen molar-refractivity contribution in [1.82, 2.24) is 49.9 Å². The van der Waals surface area contributed by atoms with Crippen LogP contribution in [0, 0.1) is 64.6 Å². The lowest BCUT2D eigenvalue weighted by Gasteiger charge is -2.34. The number of rotatable bonds is 25. The molecular weight excluding hydrogens is 1740 g/mol. The van der Waals surface area contributed by atoms with Crippen LogP contribution in [0.4, 0.5) is 9.59 Å². The number of benzene rings is 3. The highest BCUT2D eigenvalue weighted by molar-refractivity contribution is 7.17. The molecular formula is C89H116B3Cl4N10O22. The van der Waals surface area contributed by atoms with Crippen molar-refractivity contribution in [2.75, 3.05) is 75.9 Å². The van der Waals surface area contributed by atoms with Crippen LogP contribution in [0.15, 0.2) is 67.3 Å². The number of aliphatic hydroxyl groups excluding tert-OH is 1. The molecule has 32 nitrogen and oxygen atoms in total. The van der Waals surface area contributed by atoms with Crippen molar-refractivity contribution in [3.8, 4) is 34.9 Å². The smallest absolute Gasteiger partial charge is 0.411 e. The van der Waals surface area contributed by atoms with Gasteiger partial charge in [0.25, 0.3) is 17.6 Å². The maximum atomic E-state index is 14.4. The number of likely N-dealkylation sites (tertiary alicyclic amines) is 3. The lowest BCUT2D eigenvalue weighted by atomic mass is 9.40. The minimum Gasteiger partial charge on any atom is -0.497 e. The van der Waals surface area contributed by atoms with E-state index in [9.17, 15) is 43.5 Å². The van der Waals surface area contributed by atoms with Gasteiger partial charge >= 0.3 is 42.0 Å². The molecule has 3 amide bonds. The largest absolute Gasteiger partial charge is 0.497 e. The van der Waals surface area contributed by atoms with Crippen LogP contribution in [0.3, 0.4) is 0 Å². The molecule has 7 heterocycles. The van der Waals surface area contributed by atoms with E-state index in [-0.39, 0.29) is 137 Å². The number of ether oxygens (including phenoxy) is 13.